The number of hydrogen-bond donors (Lipinski definition) is 1. The molecule has 1 saturated heterocycles. The van der Waals surface area contributed by atoms with Crippen LogP contribution in [0.2, 0.25) is 0 Å². The second-order valence-corrected chi connectivity index (χ2v) is 7.69. The quantitative estimate of drug-likeness (QED) is 0.693. The van der Waals surface area contributed by atoms with Crippen molar-refractivity contribution >= 4 is 23.1 Å². The highest BCUT2D eigenvalue weighted by Crippen LogP contribution is 2.31. The molecule has 2 aliphatic heterocycles. The first kappa shape index (κ1) is 21.1. The normalized spacial score (nSPS) is 17.4. The zero-order chi connectivity index (χ0) is 21.8. The van der Waals surface area contributed by atoms with Gasteiger partial charge in [0.25, 0.3) is 11.8 Å². The summed E-state index contributed by atoms with van der Waals surface area (Å²) in [5.74, 6) is 0.112. The minimum atomic E-state index is -0.301. The molecule has 162 valence electrons. The van der Waals surface area contributed by atoms with Gasteiger partial charge in [0.15, 0.2) is 0 Å². The minimum absolute atomic E-state index is 0.280. The van der Waals surface area contributed by atoms with E-state index in [1.807, 2.05) is 43.3 Å². The van der Waals surface area contributed by atoms with Crippen molar-refractivity contribution in [3.8, 4) is 5.75 Å². The monoisotopic (exact) mass is 421 g/mol. The largest absolute Gasteiger partial charge is 0.497 e. The molecule has 1 fully saturated rings. The fourth-order valence-corrected chi connectivity index (χ4v) is 3.77. The van der Waals surface area contributed by atoms with E-state index in [9.17, 15) is 9.59 Å². The number of ether oxygens (including phenoxy) is 2. The average Bonchev–Trinajstić information content (AvgIpc) is 3.03. The zero-order valence-corrected chi connectivity index (χ0v) is 17.9. The molecule has 0 spiro atoms. The molecule has 2 aromatic rings. The number of nitrogens with zero attached hydrogens (tertiary/aromatic N) is 2. The van der Waals surface area contributed by atoms with E-state index in [-0.39, 0.29) is 11.8 Å². The second kappa shape index (κ2) is 9.32. The Morgan fingerprint density at radius 2 is 1.61 bits per heavy atom. The zero-order valence-electron chi connectivity index (χ0n) is 17.9. The second-order valence-electron chi connectivity index (χ2n) is 7.69. The molecule has 4 rings (SSSR count). The average molecular weight is 421 g/mol. The van der Waals surface area contributed by atoms with Crippen LogP contribution >= 0.6 is 0 Å². The van der Waals surface area contributed by atoms with Gasteiger partial charge in [-0.25, -0.2) is 0 Å². The molecule has 0 atom stereocenters. The summed E-state index contributed by atoms with van der Waals surface area (Å²) in [5, 5.41) is 3.20. The number of carbonyl (C=O) groups excluding carboxylic acids is 2. The lowest BCUT2D eigenvalue weighted by atomic mass is 10.0. The first-order valence-electron chi connectivity index (χ1n) is 10.5. The SMILES string of the molecule is COc1ccc(C2=C(Nc3ccc(C)cc3)C(=O)N(CCN3CCOCC3)C2=O)cc1. The first-order chi connectivity index (χ1) is 15.1. The van der Waals surface area contributed by atoms with E-state index in [0.717, 1.165) is 24.3 Å². The van der Waals surface area contributed by atoms with Crippen molar-refractivity contribution in [2.24, 2.45) is 0 Å². The van der Waals surface area contributed by atoms with Crippen LogP contribution in [-0.2, 0) is 14.3 Å². The summed E-state index contributed by atoms with van der Waals surface area (Å²) in [6.45, 7) is 5.95. The molecule has 31 heavy (non-hydrogen) atoms. The van der Waals surface area contributed by atoms with Gasteiger partial charge in [0.1, 0.15) is 11.4 Å². The molecule has 0 unspecified atom stereocenters. The van der Waals surface area contributed by atoms with Gasteiger partial charge in [0.2, 0.25) is 0 Å². The number of amides is 2. The fraction of sp³-hybridized carbons (Fsp3) is 0.333. The van der Waals surface area contributed by atoms with Crippen LogP contribution in [0.4, 0.5) is 5.69 Å². The fourth-order valence-electron chi connectivity index (χ4n) is 3.77. The molecule has 0 bridgehead atoms. The van der Waals surface area contributed by atoms with Crippen molar-refractivity contribution in [3.05, 3.63) is 65.4 Å². The Bertz CT molecular complexity index is 977. The molecule has 2 heterocycles. The summed E-state index contributed by atoms with van der Waals surface area (Å²) in [4.78, 5) is 30.2. The molecular formula is C24H27N3O4. The molecule has 2 amide bonds. The van der Waals surface area contributed by atoms with Crippen molar-refractivity contribution < 1.29 is 19.1 Å². The van der Waals surface area contributed by atoms with E-state index in [4.69, 9.17) is 9.47 Å². The Labute approximate surface area is 182 Å². The highest BCUT2D eigenvalue weighted by Gasteiger charge is 2.39. The number of hydrogen-bond acceptors (Lipinski definition) is 6. The molecule has 0 aromatic heterocycles. The van der Waals surface area contributed by atoms with Gasteiger partial charge in [-0.2, -0.15) is 0 Å². The lowest BCUT2D eigenvalue weighted by molar-refractivity contribution is -0.137. The van der Waals surface area contributed by atoms with Crippen LogP contribution < -0.4 is 10.1 Å². The summed E-state index contributed by atoms with van der Waals surface area (Å²) in [6, 6.07) is 14.9. The van der Waals surface area contributed by atoms with Crippen LogP contribution in [0, 0.1) is 6.92 Å². The smallest absolute Gasteiger partial charge is 0.278 e. The molecule has 7 nitrogen and oxygen atoms in total. The van der Waals surface area contributed by atoms with Crippen molar-refractivity contribution in [1.82, 2.24) is 9.80 Å². The van der Waals surface area contributed by atoms with Gasteiger partial charge < -0.3 is 14.8 Å². The van der Waals surface area contributed by atoms with Gasteiger partial charge in [0.05, 0.1) is 25.9 Å². The van der Waals surface area contributed by atoms with Gasteiger partial charge in [-0.15, -0.1) is 0 Å². The molecule has 2 aromatic carbocycles. The van der Waals surface area contributed by atoms with Gasteiger partial charge in [-0.3, -0.25) is 19.4 Å². The standard InChI is InChI=1S/C24H27N3O4/c1-17-3-7-19(8-4-17)25-22-21(18-5-9-20(30-2)10-6-18)23(28)27(24(22)29)12-11-26-13-15-31-16-14-26/h3-10,25H,11-16H2,1-2H3. The van der Waals surface area contributed by atoms with Gasteiger partial charge >= 0.3 is 0 Å². The number of aryl methyl sites for hydroxylation is 1. The van der Waals surface area contributed by atoms with E-state index >= 15 is 0 Å². The third-order valence-electron chi connectivity index (χ3n) is 5.61. The Morgan fingerprint density at radius 1 is 0.935 bits per heavy atom. The maximum Gasteiger partial charge on any atom is 0.278 e. The van der Waals surface area contributed by atoms with Crippen molar-refractivity contribution in [3.63, 3.8) is 0 Å². The van der Waals surface area contributed by atoms with Crippen LogP contribution in [0.3, 0.4) is 0 Å². The highest BCUT2D eigenvalue weighted by molar-refractivity contribution is 6.36. The molecule has 0 aliphatic carbocycles. The Kier molecular flexibility index (Phi) is 6.34. The van der Waals surface area contributed by atoms with Crippen LogP contribution in [0.25, 0.3) is 5.57 Å². The van der Waals surface area contributed by atoms with E-state index in [0.29, 0.717) is 48.9 Å². The summed E-state index contributed by atoms with van der Waals surface area (Å²) in [5.41, 5.74) is 3.26. The Balaban J connectivity index is 1.61. The summed E-state index contributed by atoms with van der Waals surface area (Å²) in [6.07, 6.45) is 0. The van der Waals surface area contributed by atoms with Crippen LogP contribution in [0.15, 0.2) is 54.2 Å². The Hall–Kier alpha value is -3.16. The number of anilines is 1. The van der Waals surface area contributed by atoms with E-state index < -0.39 is 0 Å². The Morgan fingerprint density at radius 3 is 2.26 bits per heavy atom. The molecule has 0 radical (unpaired) electrons. The van der Waals surface area contributed by atoms with Gasteiger partial charge in [-0.1, -0.05) is 29.8 Å². The summed E-state index contributed by atoms with van der Waals surface area (Å²) < 4.78 is 10.6. The minimum Gasteiger partial charge on any atom is -0.497 e. The van der Waals surface area contributed by atoms with Crippen LogP contribution in [-0.4, -0.2) is 68.1 Å². The lowest BCUT2D eigenvalue weighted by Gasteiger charge is -2.28. The van der Waals surface area contributed by atoms with Crippen LogP contribution in [0.5, 0.6) is 5.75 Å². The van der Waals surface area contributed by atoms with Crippen molar-refractivity contribution in [1.29, 1.82) is 0 Å². The molecule has 2 aliphatic rings. The highest BCUT2D eigenvalue weighted by atomic mass is 16.5. The summed E-state index contributed by atoms with van der Waals surface area (Å²) >= 11 is 0. The van der Waals surface area contributed by atoms with Crippen molar-refractivity contribution in [2.45, 2.75) is 6.92 Å². The number of imide groups is 1. The third kappa shape index (κ3) is 4.62. The number of nitrogens with one attached hydrogen (secondary N) is 1. The predicted octanol–water partition coefficient (Wildman–Crippen LogP) is 2.53. The third-order valence-corrected chi connectivity index (χ3v) is 5.61. The number of carbonyl (C=O) groups is 2. The first-order valence-corrected chi connectivity index (χ1v) is 10.5. The summed E-state index contributed by atoms with van der Waals surface area (Å²) in [7, 11) is 1.59. The maximum absolute atomic E-state index is 13.3. The number of methoxy groups -OCH3 is 1. The number of rotatable bonds is 7. The molecule has 1 N–H and O–H groups in total. The van der Waals surface area contributed by atoms with Gasteiger partial charge in [-0.05, 0) is 36.8 Å². The van der Waals surface area contributed by atoms with Crippen molar-refractivity contribution in [2.75, 3.05) is 51.8 Å². The maximum atomic E-state index is 13.3. The molecule has 0 saturated carbocycles. The number of morpholine rings is 1. The van der Waals surface area contributed by atoms with Crippen LogP contribution in [0.1, 0.15) is 11.1 Å². The topological polar surface area (TPSA) is 71.1 Å². The predicted molar refractivity (Wildman–Crippen MR) is 119 cm³/mol. The lowest BCUT2D eigenvalue weighted by Crippen LogP contribution is -2.43. The molecular weight excluding hydrogens is 394 g/mol. The van der Waals surface area contributed by atoms with E-state index in [2.05, 4.69) is 10.2 Å². The van der Waals surface area contributed by atoms with Gasteiger partial charge in [0, 0.05) is 31.9 Å². The van der Waals surface area contributed by atoms with E-state index in [1.54, 1.807) is 19.2 Å². The number of benzene rings is 2. The molecule has 7 heteroatoms. The van der Waals surface area contributed by atoms with E-state index in [1.165, 1.54) is 4.90 Å².